The summed E-state index contributed by atoms with van der Waals surface area (Å²) in [6.45, 7) is 2.62. The largest absolute Gasteiger partial charge is 0.394 e. The highest BCUT2D eigenvalue weighted by molar-refractivity contribution is 5.76. The molecule has 2 saturated heterocycles. The van der Waals surface area contributed by atoms with Crippen LogP contribution in [0.4, 0.5) is 0 Å². The molecule has 2 heterocycles. The number of hydrogen-bond donors (Lipinski definition) is 9. The van der Waals surface area contributed by atoms with Gasteiger partial charge in [0.25, 0.3) is 0 Å². The van der Waals surface area contributed by atoms with Gasteiger partial charge in [-0.05, 0) is 12.8 Å². The number of carbonyl (C=O) groups is 1. The van der Waals surface area contributed by atoms with Gasteiger partial charge in [0, 0.05) is 6.42 Å². The molecule has 0 radical (unpaired) electrons. The van der Waals surface area contributed by atoms with Gasteiger partial charge >= 0.3 is 0 Å². The maximum absolute atomic E-state index is 12.7. The summed E-state index contributed by atoms with van der Waals surface area (Å²) in [4.78, 5) is 12.7. The maximum atomic E-state index is 12.7. The van der Waals surface area contributed by atoms with Crippen molar-refractivity contribution in [3.63, 3.8) is 0 Å². The van der Waals surface area contributed by atoms with Gasteiger partial charge in [-0.3, -0.25) is 4.79 Å². The van der Waals surface area contributed by atoms with Crippen LogP contribution in [0.25, 0.3) is 0 Å². The molecule has 0 aromatic heterocycles. The fourth-order valence-electron chi connectivity index (χ4n) is 9.33. The van der Waals surface area contributed by atoms with Gasteiger partial charge in [-0.15, -0.1) is 0 Å². The Bertz CT molecular complexity index is 1120. The molecule has 12 unspecified atom stereocenters. The molecule has 0 saturated carbocycles. The van der Waals surface area contributed by atoms with E-state index in [2.05, 4.69) is 12.2 Å². The molecule has 12 atom stereocenters. The van der Waals surface area contributed by atoms with Crippen molar-refractivity contribution in [1.29, 1.82) is 0 Å². The molecule has 2 rings (SSSR count). The molecule has 0 aromatic rings. The molecular formula is C52H101NO13. The van der Waals surface area contributed by atoms with Crippen LogP contribution in [0.3, 0.4) is 0 Å². The summed E-state index contributed by atoms with van der Waals surface area (Å²) >= 11 is 0. The van der Waals surface area contributed by atoms with Gasteiger partial charge < -0.3 is 65.1 Å². The SMILES string of the molecule is CCCCCCCCCCCCCCCCCCCCCCCCCCCCCCCCC(O)C(COC1OC(CO)C(OC2OC(CO)C(O)C(O)C2O)C(O)C1O)NC(=O)CCCC. The summed E-state index contributed by atoms with van der Waals surface area (Å²) in [6, 6.07) is -0.818. The minimum Gasteiger partial charge on any atom is -0.394 e. The summed E-state index contributed by atoms with van der Waals surface area (Å²) < 4.78 is 22.5. The molecule has 9 N–H and O–H groups in total. The van der Waals surface area contributed by atoms with E-state index in [1.165, 1.54) is 167 Å². The van der Waals surface area contributed by atoms with Crippen LogP contribution in [0.5, 0.6) is 0 Å². The highest BCUT2D eigenvalue weighted by atomic mass is 16.7. The van der Waals surface area contributed by atoms with Crippen LogP contribution in [0, 0.1) is 0 Å². The Morgan fingerprint density at radius 1 is 0.485 bits per heavy atom. The van der Waals surface area contributed by atoms with Crippen LogP contribution in [-0.2, 0) is 23.7 Å². The molecule has 0 aliphatic carbocycles. The number of aliphatic hydroxyl groups is 8. The molecular weight excluding hydrogens is 847 g/mol. The lowest BCUT2D eigenvalue weighted by Gasteiger charge is -2.46. The van der Waals surface area contributed by atoms with E-state index in [4.69, 9.17) is 18.9 Å². The van der Waals surface area contributed by atoms with Crippen LogP contribution in [0.2, 0.25) is 0 Å². The molecule has 392 valence electrons. The molecule has 2 aliphatic heterocycles. The van der Waals surface area contributed by atoms with Crippen molar-refractivity contribution >= 4 is 5.91 Å². The zero-order chi connectivity index (χ0) is 48.2. The third-order valence-corrected chi connectivity index (χ3v) is 13.8. The first-order valence-electron chi connectivity index (χ1n) is 27.3. The van der Waals surface area contributed by atoms with E-state index in [0.29, 0.717) is 12.8 Å². The lowest BCUT2D eigenvalue weighted by Crippen LogP contribution is -2.65. The monoisotopic (exact) mass is 948 g/mol. The van der Waals surface area contributed by atoms with Crippen molar-refractivity contribution in [1.82, 2.24) is 5.32 Å². The fraction of sp³-hybridized carbons (Fsp3) is 0.981. The molecule has 2 aliphatic rings. The first-order chi connectivity index (χ1) is 32.1. The molecule has 0 spiro atoms. The maximum Gasteiger partial charge on any atom is 0.220 e. The van der Waals surface area contributed by atoms with E-state index < -0.39 is 86.8 Å². The Kier molecular flexibility index (Phi) is 36.7. The topological polar surface area (TPSA) is 228 Å². The molecule has 14 heteroatoms. The van der Waals surface area contributed by atoms with Gasteiger partial charge in [-0.25, -0.2) is 0 Å². The van der Waals surface area contributed by atoms with Crippen molar-refractivity contribution in [2.45, 2.75) is 306 Å². The molecule has 1 amide bonds. The first kappa shape index (κ1) is 61.1. The van der Waals surface area contributed by atoms with Crippen molar-refractivity contribution < 1.29 is 64.6 Å². The lowest BCUT2D eigenvalue weighted by atomic mass is 9.97. The smallest absolute Gasteiger partial charge is 0.220 e. The standard InChI is InChI=1S/C52H101NO13/c1-3-5-7-8-9-10-11-12-13-14-15-16-17-18-19-20-21-22-23-24-25-26-27-28-29-30-31-32-33-34-35-41(56)40(53-44(57)36-6-4-2)39-63-51-49(62)47(60)50(43(38-55)65-51)66-52-48(61)46(59)45(58)42(37-54)64-52/h40-43,45-52,54-56,58-62H,3-39H2,1-2H3,(H,53,57). The van der Waals surface area contributed by atoms with Crippen molar-refractivity contribution in [2.75, 3.05) is 19.8 Å². The zero-order valence-corrected chi connectivity index (χ0v) is 41.7. The summed E-state index contributed by atoms with van der Waals surface area (Å²) in [6.07, 6.45) is 25.7. The minimum absolute atomic E-state index is 0.239. The number of carbonyl (C=O) groups excluding carboxylic acids is 1. The third kappa shape index (κ3) is 26.3. The van der Waals surface area contributed by atoms with Gasteiger partial charge in [0.1, 0.15) is 48.8 Å². The number of amides is 1. The van der Waals surface area contributed by atoms with Crippen LogP contribution in [0.15, 0.2) is 0 Å². The molecule has 2 fully saturated rings. The second kappa shape index (κ2) is 39.7. The van der Waals surface area contributed by atoms with E-state index in [-0.39, 0.29) is 18.9 Å². The highest BCUT2D eigenvalue weighted by Crippen LogP contribution is 2.30. The number of ether oxygens (including phenoxy) is 4. The molecule has 66 heavy (non-hydrogen) atoms. The predicted molar refractivity (Wildman–Crippen MR) is 259 cm³/mol. The number of nitrogens with one attached hydrogen (secondary N) is 1. The normalized spacial score (nSPS) is 26.7. The molecule has 0 bridgehead atoms. The summed E-state index contributed by atoms with van der Waals surface area (Å²) in [5.41, 5.74) is 0. The number of unbranched alkanes of at least 4 members (excludes halogenated alkanes) is 30. The Hall–Kier alpha value is -1.01. The lowest BCUT2D eigenvalue weighted by molar-refractivity contribution is -0.359. The van der Waals surface area contributed by atoms with Crippen LogP contribution >= 0.6 is 0 Å². The zero-order valence-electron chi connectivity index (χ0n) is 41.7. The number of rotatable bonds is 43. The van der Waals surface area contributed by atoms with E-state index >= 15 is 0 Å². The Morgan fingerprint density at radius 3 is 1.27 bits per heavy atom. The van der Waals surface area contributed by atoms with Gasteiger partial charge in [0.15, 0.2) is 12.6 Å². The van der Waals surface area contributed by atoms with Crippen LogP contribution in [-0.4, -0.2) is 140 Å². The fourth-order valence-corrected chi connectivity index (χ4v) is 9.33. The number of aliphatic hydroxyl groups excluding tert-OH is 8. The van der Waals surface area contributed by atoms with Crippen LogP contribution < -0.4 is 5.32 Å². The Balaban J connectivity index is 1.52. The summed E-state index contributed by atoms with van der Waals surface area (Å²) in [7, 11) is 0. The average molecular weight is 948 g/mol. The van der Waals surface area contributed by atoms with E-state index in [1.54, 1.807) is 0 Å². The van der Waals surface area contributed by atoms with Gasteiger partial charge in [-0.2, -0.15) is 0 Å². The Morgan fingerprint density at radius 2 is 0.864 bits per heavy atom. The molecule has 14 nitrogen and oxygen atoms in total. The summed E-state index contributed by atoms with van der Waals surface area (Å²) in [5, 5.41) is 86.1. The van der Waals surface area contributed by atoms with E-state index in [0.717, 1.165) is 32.1 Å². The Labute approximate surface area is 400 Å². The minimum atomic E-state index is -1.78. The van der Waals surface area contributed by atoms with E-state index in [1.807, 2.05) is 6.92 Å². The van der Waals surface area contributed by atoms with Crippen molar-refractivity contribution in [2.24, 2.45) is 0 Å². The summed E-state index contributed by atoms with van der Waals surface area (Å²) in [5.74, 6) is -0.239. The van der Waals surface area contributed by atoms with Crippen molar-refractivity contribution in [3.8, 4) is 0 Å². The first-order valence-corrected chi connectivity index (χ1v) is 27.3. The number of hydrogen-bond acceptors (Lipinski definition) is 13. The molecule has 0 aromatic carbocycles. The van der Waals surface area contributed by atoms with Gasteiger partial charge in [0.2, 0.25) is 5.91 Å². The second-order valence-corrected chi connectivity index (χ2v) is 19.7. The predicted octanol–water partition coefficient (Wildman–Crippen LogP) is 7.78. The third-order valence-electron chi connectivity index (χ3n) is 13.8. The highest BCUT2D eigenvalue weighted by Gasteiger charge is 2.51. The van der Waals surface area contributed by atoms with Gasteiger partial charge in [-0.1, -0.05) is 213 Å². The second-order valence-electron chi connectivity index (χ2n) is 19.7. The van der Waals surface area contributed by atoms with Crippen LogP contribution in [0.1, 0.15) is 232 Å². The average Bonchev–Trinajstić information content (AvgIpc) is 3.32. The van der Waals surface area contributed by atoms with Gasteiger partial charge in [0.05, 0.1) is 32.0 Å². The van der Waals surface area contributed by atoms with E-state index in [9.17, 15) is 45.6 Å². The quantitative estimate of drug-likeness (QED) is 0.0267. The van der Waals surface area contributed by atoms with Crippen molar-refractivity contribution in [3.05, 3.63) is 0 Å².